The number of ketones is 1. The van der Waals surface area contributed by atoms with Gasteiger partial charge in [0.15, 0.2) is 5.78 Å². The van der Waals surface area contributed by atoms with E-state index in [2.05, 4.69) is 29.4 Å². The number of nitrogens with zero attached hydrogens (tertiary/aromatic N) is 4. The van der Waals surface area contributed by atoms with Crippen LogP contribution in [-0.2, 0) is 6.54 Å². The predicted molar refractivity (Wildman–Crippen MR) is 74.2 cm³/mol. The first kappa shape index (κ1) is 13.7. The fourth-order valence-electron chi connectivity index (χ4n) is 1.60. The lowest BCUT2D eigenvalue weighted by molar-refractivity contribution is 0.102. The maximum Gasteiger partial charge on any atom is 0.209 e. The van der Waals surface area contributed by atoms with Gasteiger partial charge in [0.25, 0.3) is 0 Å². The van der Waals surface area contributed by atoms with Gasteiger partial charge in [0.2, 0.25) is 5.16 Å². The summed E-state index contributed by atoms with van der Waals surface area (Å²) in [4.78, 5) is 12.0. The molecule has 0 unspecified atom stereocenters. The SMILES string of the molecule is CC(C)Cn1nnnc1SCC(=O)c1ccccc1. The molecule has 0 saturated heterocycles. The fraction of sp³-hybridized carbons (Fsp3) is 0.385. The number of carbonyl (C=O) groups excluding carboxylic acids is 1. The van der Waals surface area contributed by atoms with E-state index in [-0.39, 0.29) is 5.78 Å². The van der Waals surface area contributed by atoms with Crippen LogP contribution in [0.5, 0.6) is 0 Å². The van der Waals surface area contributed by atoms with Crippen molar-refractivity contribution in [2.75, 3.05) is 5.75 Å². The van der Waals surface area contributed by atoms with E-state index in [0.29, 0.717) is 16.8 Å². The highest BCUT2D eigenvalue weighted by molar-refractivity contribution is 7.99. The lowest BCUT2D eigenvalue weighted by Crippen LogP contribution is -2.09. The zero-order valence-electron chi connectivity index (χ0n) is 11.0. The Morgan fingerprint density at radius 1 is 1.32 bits per heavy atom. The molecule has 5 nitrogen and oxygen atoms in total. The van der Waals surface area contributed by atoms with Crippen LogP contribution >= 0.6 is 11.8 Å². The van der Waals surface area contributed by atoms with Crippen molar-refractivity contribution in [3.8, 4) is 0 Å². The standard InChI is InChI=1S/C13H16N4OS/c1-10(2)8-17-13(14-15-16-17)19-9-12(18)11-6-4-3-5-7-11/h3-7,10H,8-9H2,1-2H3. The Morgan fingerprint density at radius 2 is 2.05 bits per heavy atom. The van der Waals surface area contributed by atoms with Crippen molar-refractivity contribution in [2.24, 2.45) is 5.92 Å². The van der Waals surface area contributed by atoms with Crippen molar-refractivity contribution in [1.82, 2.24) is 20.2 Å². The third-order valence-corrected chi connectivity index (χ3v) is 3.42. The number of thioether (sulfide) groups is 1. The Kier molecular flexibility index (Phi) is 4.68. The zero-order chi connectivity index (χ0) is 13.7. The topological polar surface area (TPSA) is 60.7 Å². The number of rotatable bonds is 6. The monoisotopic (exact) mass is 276 g/mol. The molecule has 0 bridgehead atoms. The predicted octanol–water partition coefficient (Wildman–Crippen LogP) is 2.30. The molecule has 19 heavy (non-hydrogen) atoms. The molecule has 0 aliphatic heterocycles. The Labute approximate surface area is 116 Å². The van der Waals surface area contributed by atoms with E-state index in [0.717, 1.165) is 12.1 Å². The lowest BCUT2D eigenvalue weighted by atomic mass is 10.2. The number of aromatic nitrogens is 4. The number of hydrogen-bond donors (Lipinski definition) is 0. The summed E-state index contributed by atoms with van der Waals surface area (Å²) in [6, 6.07) is 9.26. The number of hydrogen-bond acceptors (Lipinski definition) is 5. The van der Waals surface area contributed by atoms with Crippen LogP contribution in [0, 0.1) is 5.92 Å². The molecule has 0 saturated carbocycles. The number of tetrazole rings is 1. The molecular weight excluding hydrogens is 260 g/mol. The highest BCUT2D eigenvalue weighted by Crippen LogP contribution is 2.16. The smallest absolute Gasteiger partial charge is 0.209 e. The first-order valence-electron chi connectivity index (χ1n) is 6.14. The first-order valence-corrected chi connectivity index (χ1v) is 7.12. The maximum absolute atomic E-state index is 12.0. The summed E-state index contributed by atoms with van der Waals surface area (Å²) in [5, 5.41) is 12.2. The van der Waals surface area contributed by atoms with E-state index in [1.165, 1.54) is 11.8 Å². The molecule has 1 aromatic carbocycles. The van der Waals surface area contributed by atoms with Gasteiger partial charge in [0.1, 0.15) is 0 Å². The van der Waals surface area contributed by atoms with Crippen LogP contribution in [-0.4, -0.2) is 31.7 Å². The second-order valence-corrected chi connectivity index (χ2v) is 5.56. The summed E-state index contributed by atoms with van der Waals surface area (Å²) >= 11 is 1.38. The molecule has 0 radical (unpaired) electrons. The molecule has 2 rings (SSSR count). The van der Waals surface area contributed by atoms with Crippen molar-refractivity contribution >= 4 is 17.5 Å². The molecule has 0 aliphatic rings. The Balaban J connectivity index is 1.96. The van der Waals surface area contributed by atoms with Crippen LogP contribution in [0.4, 0.5) is 0 Å². The molecule has 1 heterocycles. The van der Waals surface area contributed by atoms with Crippen molar-refractivity contribution in [3.05, 3.63) is 35.9 Å². The molecule has 0 aliphatic carbocycles. The molecule has 0 N–H and O–H groups in total. The summed E-state index contributed by atoms with van der Waals surface area (Å²) in [5.41, 5.74) is 0.720. The van der Waals surface area contributed by atoms with Gasteiger partial charge < -0.3 is 0 Å². The van der Waals surface area contributed by atoms with Crippen molar-refractivity contribution < 1.29 is 4.79 Å². The quantitative estimate of drug-likeness (QED) is 0.598. The average Bonchev–Trinajstić information content (AvgIpc) is 2.83. The third kappa shape index (κ3) is 3.89. The molecule has 6 heteroatoms. The maximum atomic E-state index is 12.0. The van der Waals surface area contributed by atoms with Gasteiger partial charge in [-0.25, -0.2) is 4.68 Å². The average molecular weight is 276 g/mol. The first-order chi connectivity index (χ1) is 9.16. The van der Waals surface area contributed by atoms with Gasteiger partial charge in [0.05, 0.1) is 5.75 Å². The molecule has 2 aromatic rings. The number of benzene rings is 1. The fourth-order valence-corrected chi connectivity index (χ4v) is 2.38. The molecule has 0 atom stereocenters. The van der Waals surface area contributed by atoms with Gasteiger partial charge in [-0.2, -0.15) is 0 Å². The summed E-state index contributed by atoms with van der Waals surface area (Å²) < 4.78 is 1.74. The van der Waals surface area contributed by atoms with Crippen LogP contribution in [0.25, 0.3) is 0 Å². The van der Waals surface area contributed by atoms with E-state index in [9.17, 15) is 4.79 Å². The Bertz CT molecular complexity index is 539. The molecule has 100 valence electrons. The van der Waals surface area contributed by atoms with Gasteiger partial charge in [-0.1, -0.05) is 55.9 Å². The van der Waals surface area contributed by atoms with Crippen LogP contribution in [0.1, 0.15) is 24.2 Å². The third-order valence-electron chi connectivity index (χ3n) is 2.47. The number of Topliss-reactive ketones (excluding diaryl/α,β-unsaturated/α-hetero) is 1. The molecular formula is C13H16N4OS. The van der Waals surface area contributed by atoms with Crippen LogP contribution in [0.15, 0.2) is 35.5 Å². The highest BCUT2D eigenvalue weighted by atomic mass is 32.2. The minimum absolute atomic E-state index is 0.0877. The molecule has 0 fully saturated rings. The van der Waals surface area contributed by atoms with E-state index in [1.807, 2.05) is 30.3 Å². The van der Waals surface area contributed by atoms with Crippen molar-refractivity contribution in [1.29, 1.82) is 0 Å². The van der Waals surface area contributed by atoms with E-state index >= 15 is 0 Å². The number of carbonyl (C=O) groups is 1. The normalized spacial score (nSPS) is 10.9. The largest absolute Gasteiger partial charge is 0.293 e. The van der Waals surface area contributed by atoms with Gasteiger partial charge >= 0.3 is 0 Å². The van der Waals surface area contributed by atoms with Crippen molar-refractivity contribution in [2.45, 2.75) is 25.5 Å². The zero-order valence-corrected chi connectivity index (χ0v) is 11.8. The minimum Gasteiger partial charge on any atom is -0.293 e. The van der Waals surface area contributed by atoms with E-state index in [4.69, 9.17) is 0 Å². The van der Waals surface area contributed by atoms with Gasteiger partial charge in [0, 0.05) is 12.1 Å². The van der Waals surface area contributed by atoms with Crippen LogP contribution in [0.2, 0.25) is 0 Å². The molecule has 0 amide bonds. The summed E-state index contributed by atoms with van der Waals surface area (Å²) in [7, 11) is 0. The summed E-state index contributed by atoms with van der Waals surface area (Å²) in [5.74, 6) is 0.903. The second-order valence-electron chi connectivity index (χ2n) is 4.62. The van der Waals surface area contributed by atoms with Crippen LogP contribution in [0.3, 0.4) is 0 Å². The van der Waals surface area contributed by atoms with Gasteiger partial charge in [-0.15, -0.1) is 5.10 Å². The molecule has 0 spiro atoms. The highest BCUT2D eigenvalue weighted by Gasteiger charge is 2.11. The summed E-state index contributed by atoms with van der Waals surface area (Å²) in [6.07, 6.45) is 0. The molecule has 1 aromatic heterocycles. The summed E-state index contributed by atoms with van der Waals surface area (Å²) in [6.45, 7) is 4.96. The lowest BCUT2D eigenvalue weighted by Gasteiger charge is -2.06. The van der Waals surface area contributed by atoms with Crippen LogP contribution < -0.4 is 0 Å². The van der Waals surface area contributed by atoms with Gasteiger partial charge in [-0.3, -0.25) is 4.79 Å². The van der Waals surface area contributed by atoms with Crippen molar-refractivity contribution in [3.63, 3.8) is 0 Å². The second kappa shape index (κ2) is 6.47. The minimum atomic E-state index is 0.0877. The Morgan fingerprint density at radius 3 is 2.74 bits per heavy atom. The van der Waals surface area contributed by atoms with E-state index in [1.54, 1.807) is 4.68 Å². The Hall–Kier alpha value is -1.69. The van der Waals surface area contributed by atoms with Gasteiger partial charge in [-0.05, 0) is 16.3 Å². The van der Waals surface area contributed by atoms with E-state index < -0.39 is 0 Å².